The predicted molar refractivity (Wildman–Crippen MR) is 121 cm³/mol. The number of rotatable bonds is 10. The summed E-state index contributed by atoms with van der Waals surface area (Å²) in [5, 5.41) is 2.97. The van der Waals surface area contributed by atoms with Gasteiger partial charge in [-0.05, 0) is 69.1 Å². The average Bonchev–Trinajstić information content (AvgIpc) is 2.73. The first-order chi connectivity index (χ1) is 14.2. The number of hydrogen-bond acceptors (Lipinski definition) is 4. The normalized spacial score (nSPS) is 14.5. The molecule has 0 spiro atoms. The second-order valence-electron chi connectivity index (χ2n) is 7.64. The highest BCUT2D eigenvalue weighted by atomic mass is 32.2. The van der Waals surface area contributed by atoms with Crippen molar-refractivity contribution in [2.45, 2.75) is 44.0 Å². The molecule has 0 bridgehead atoms. The van der Waals surface area contributed by atoms with Crippen LogP contribution in [0.1, 0.15) is 36.8 Å². The van der Waals surface area contributed by atoms with Crippen molar-refractivity contribution in [2.24, 2.45) is 0 Å². The third-order valence-electron chi connectivity index (χ3n) is 5.02. The molecular formula is C24H32N2O2S. The number of carbonyl (C=O) groups excluding carboxylic acids is 1. The average molecular weight is 413 g/mol. The molecule has 2 aromatic rings. The van der Waals surface area contributed by atoms with E-state index in [1.54, 1.807) is 11.8 Å². The molecule has 0 radical (unpaired) electrons. The Morgan fingerprint density at radius 3 is 2.76 bits per heavy atom. The minimum absolute atomic E-state index is 0.0695. The van der Waals surface area contributed by atoms with Crippen molar-refractivity contribution in [3.63, 3.8) is 0 Å². The molecule has 1 fully saturated rings. The first-order valence-electron chi connectivity index (χ1n) is 10.6. The van der Waals surface area contributed by atoms with Crippen LogP contribution in [0.5, 0.6) is 5.75 Å². The lowest BCUT2D eigenvalue weighted by molar-refractivity contribution is -0.118. The number of benzene rings is 2. The monoisotopic (exact) mass is 412 g/mol. The smallest absolute Gasteiger partial charge is 0.230 e. The van der Waals surface area contributed by atoms with Crippen molar-refractivity contribution >= 4 is 17.7 Å². The van der Waals surface area contributed by atoms with Crippen molar-refractivity contribution in [3.05, 3.63) is 59.7 Å². The highest BCUT2D eigenvalue weighted by Crippen LogP contribution is 2.19. The SMILES string of the molecule is Cc1cccc(SCC(=O)NCCCOc2cccc(CN3CCCCC3)c2)c1. The Kier molecular flexibility index (Phi) is 8.90. The highest BCUT2D eigenvalue weighted by molar-refractivity contribution is 8.00. The van der Waals surface area contributed by atoms with E-state index in [2.05, 4.69) is 47.5 Å². The van der Waals surface area contributed by atoms with Gasteiger partial charge in [-0.3, -0.25) is 9.69 Å². The molecule has 3 rings (SSSR count). The number of amides is 1. The molecular weight excluding hydrogens is 380 g/mol. The fourth-order valence-electron chi connectivity index (χ4n) is 3.50. The number of piperidine rings is 1. The van der Waals surface area contributed by atoms with Crippen LogP contribution in [0.3, 0.4) is 0 Å². The van der Waals surface area contributed by atoms with E-state index in [1.807, 2.05) is 18.2 Å². The van der Waals surface area contributed by atoms with Gasteiger partial charge >= 0.3 is 0 Å². The summed E-state index contributed by atoms with van der Waals surface area (Å²) in [7, 11) is 0. The van der Waals surface area contributed by atoms with Crippen molar-refractivity contribution in [3.8, 4) is 5.75 Å². The summed E-state index contributed by atoms with van der Waals surface area (Å²) < 4.78 is 5.89. The first-order valence-corrected chi connectivity index (χ1v) is 11.6. The summed E-state index contributed by atoms with van der Waals surface area (Å²) in [6, 6.07) is 16.6. The fourth-order valence-corrected chi connectivity index (χ4v) is 4.35. The van der Waals surface area contributed by atoms with Gasteiger partial charge in [0.1, 0.15) is 5.75 Å². The highest BCUT2D eigenvalue weighted by Gasteiger charge is 2.10. The third kappa shape index (κ3) is 8.11. The van der Waals surface area contributed by atoms with Crippen LogP contribution in [0.25, 0.3) is 0 Å². The fraction of sp³-hybridized carbons (Fsp3) is 0.458. The maximum atomic E-state index is 12.0. The summed E-state index contributed by atoms with van der Waals surface area (Å²) in [4.78, 5) is 15.6. The number of nitrogens with one attached hydrogen (secondary N) is 1. The van der Waals surface area contributed by atoms with Gasteiger partial charge in [-0.1, -0.05) is 36.2 Å². The summed E-state index contributed by atoms with van der Waals surface area (Å²) in [5.74, 6) is 1.43. The van der Waals surface area contributed by atoms with E-state index in [0.717, 1.165) is 23.6 Å². The largest absolute Gasteiger partial charge is 0.494 e. The molecule has 2 aromatic carbocycles. The van der Waals surface area contributed by atoms with Crippen molar-refractivity contribution in [1.29, 1.82) is 0 Å². The number of nitrogens with zero attached hydrogens (tertiary/aromatic N) is 1. The molecule has 0 aliphatic carbocycles. The lowest BCUT2D eigenvalue weighted by Crippen LogP contribution is -2.29. The van der Waals surface area contributed by atoms with Crippen molar-refractivity contribution < 1.29 is 9.53 Å². The zero-order valence-corrected chi connectivity index (χ0v) is 18.2. The molecule has 5 heteroatoms. The molecule has 1 heterocycles. The van der Waals surface area contributed by atoms with Crippen LogP contribution >= 0.6 is 11.8 Å². The van der Waals surface area contributed by atoms with Gasteiger partial charge in [0.25, 0.3) is 0 Å². The number of aryl methyl sites for hydroxylation is 1. The second-order valence-corrected chi connectivity index (χ2v) is 8.69. The minimum Gasteiger partial charge on any atom is -0.494 e. The first kappa shape index (κ1) is 21.7. The summed E-state index contributed by atoms with van der Waals surface area (Å²) in [6.07, 6.45) is 4.79. The number of likely N-dealkylation sites (tertiary alicyclic amines) is 1. The van der Waals surface area contributed by atoms with Crippen molar-refractivity contribution in [2.75, 3.05) is 32.0 Å². The molecule has 1 saturated heterocycles. The Hall–Kier alpha value is -1.98. The lowest BCUT2D eigenvalue weighted by Gasteiger charge is -2.26. The number of carbonyl (C=O) groups is 1. The lowest BCUT2D eigenvalue weighted by atomic mass is 10.1. The Labute approximate surface area is 179 Å². The molecule has 0 saturated carbocycles. The van der Waals surface area contributed by atoms with E-state index in [0.29, 0.717) is 18.9 Å². The van der Waals surface area contributed by atoms with E-state index in [4.69, 9.17) is 4.74 Å². The van der Waals surface area contributed by atoms with Gasteiger partial charge in [0.05, 0.1) is 12.4 Å². The molecule has 1 amide bonds. The number of ether oxygens (including phenoxy) is 1. The Morgan fingerprint density at radius 2 is 1.93 bits per heavy atom. The van der Waals surface area contributed by atoms with E-state index in [9.17, 15) is 4.79 Å². The van der Waals surface area contributed by atoms with Gasteiger partial charge < -0.3 is 10.1 Å². The van der Waals surface area contributed by atoms with Gasteiger partial charge in [0.2, 0.25) is 5.91 Å². The van der Waals surface area contributed by atoms with Crippen LogP contribution in [-0.2, 0) is 11.3 Å². The standard InChI is InChI=1S/C24H32N2O2S/c1-20-8-5-11-23(16-20)29-19-24(27)25-12-7-15-28-22-10-6-9-21(17-22)18-26-13-3-2-4-14-26/h5-6,8-11,16-17H,2-4,7,12-15,18-19H2,1H3,(H,25,27). The minimum atomic E-state index is 0.0695. The van der Waals surface area contributed by atoms with Crippen LogP contribution in [-0.4, -0.2) is 42.8 Å². The van der Waals surface area contributed by atoms with E-state index < -0.39 is 0 Å². The predicted octanol–water partition coefficient (Wildman–Crippen LogP) is 4.66. The van der Waals surface area contributed by atoms with E-state index in [1.165, 1.54) is 43.5 Å². The molecule has 1 aliphatic rings. The van der Waals surface area contributed by atoms with Crippen LogP contribution in [0.2, 0.25) is 0 Å². The Bertz CT molecular complexity index is 775. The van der Waals surface area contributed by atoms with Crippen molar-refractivity contribution in [1.82, 2.24) is 10.2 Å². The molecule has 156 valence electrons. The molecule has 1 N–H and O–H groups in total. The molecule has 0 unspecified atom stereocenters. The van der Waals surface area contributed by atoms with Gasteiger partial charge in [0.15, 0.2) is 0 Å². The number of thioether (sulfide) groups is 1. The zero-order valence-electron chi connectivity index (χ0n) is 17.4. The van der Waals surface area contributed by atoms with Gasteiger partial charge in [-0.25, -0.2) is 0 Å². The molecule has 1 aliphatic heterocycles. The second kappa shape index (κ2) is 11.9. The summed E-state index contributed by atoms with van der Waals surface area (Å²) in [5.41, 5.74) is 2.53. The maximum Gasteiger partial charge on any atom is 0.230 e. The Morgan fingerprint density at radius 1 is 1.10 bits per heavy atom. The maximum absolute atomic E-state index is 12.0. The quantitative estimate of drug-likeness (QED) is 0.455. The van der Waals surface area contributed by atoms with E-state index >= 15 is 0 Å². The van der Waals surface area contributed by atoms with Crippen LogP contribution in [0, 0.1) is 6.92 Å². The number of hydrogen-bond donors (Lipinski definition) is 1. The van der Waals surface area contributed by atoms with Crippen LogP contribution in [0.4, 0.5) is 0 Å². The zero-order chi connectivity index (χ0) is 20.3. The molecule has 0 aromatic heterocycles. The van der Waals surface area contributed by atoms with Crippen LogP contribution in [0.15, 0.2) is 53.4 Å². The third-order valence-corrected chi connectivity index (χ3v) is 6.02. The van der Waals surface area contributed by atoms with Gasteiger partial charge in [0, 0.05) is 18.0 Å². The summed E-state index contributed by atoms with van der Waals surface area (Å²) >= 11 is 1.57. The summed E-state index contributed by atoms with van der Waals surface area (Å²) in [6.45, 7) is 6.72. The van der Waals surface area contributed by atoms with E-state index in [-0.39, 0.29) is 5.91 Å². The van der Waals surface area contributed by atoms with Crippen LogP contribution < -0.4 is 10.1 Å². The molecule has 4 nitrogen and oxygen atoms in total. The molecule has 0 atom stereocenters. The van der Waals surface area contributed by atoms with Gasteiger partial charge in [-0.2, -0.15) is 0 Å². The molecule has 29 heavy (non-hydrogen) atoms. The Balaban J connectivity index is 1.30. The topological polar surface area (TPSA) is 41.6 Å². The van der Waals surface area contributed by atoms with Gasteiger partial charge in [-0.15, -0.1) is 11.8 Å².